The molecule has 0 bridgehead atoms. The van der Waals surface area contributed by atoms with Crippen LogP contribution in [-0.4, -0.2) is 32.3 Å². The second kappa shape index (κ2) is 11.8. The van der Waals surface area contributed by atoms with Gasteiger partial charge in [-0.05, 0) is 5.56 Å². The highest BCUT2D eigenvalue weighted by Gasteiger charge is 2.13. The van der Waals surface area contributed by atoms with Gasteiger partial charge >= 0.3 is 0 Å². The molecule has 2 aromatic heterocycles. The molecule has 0 radical (unpaired) electrons. The molecule has 0 spiro atoms. The summed E-state index contributed by atoms with van der Waals surface area (Å²) >= 11 is 22.7. The predicted octanol–water partition coefficient (Wildman–Crippen LogP) is 4.48. The zero-order valence-electron chi connectivity index (χ0n) is 14.9. The molecule has 3 aromatic rings. The molecule has 3 rings (SSSR count). The Hall–Kier alpha value is -2.03. The number of rotatable bonds is 6. The lowest BCUT2D eigenvalue weighted by molar-refractivity contribution is -0.123. The molecule has 7 nitrogen and oxygen atoms in total. The van der Waals surface area contributed by atoms with Gasteiger partial charge in [0.2, 0.25) is 0 Å². The monoisotopic (exact) mass is 473 g/mol. The summed E-state index contributed by atoms with van der Waals surface area (Å²) in [7, 11) is 0. The average Bonchev–Trinajstić information content (AvgIpc) is 2.70. The number of hydrogen-bond acceptors (Lipinski definition) is 7. The van der Waals surface area contributed by atoms with Crippen LogP contribution < -0.4 is 5.73 Å². The van der Waals surface area contributed by atoms with Gasteiger partial charge in [0.25, 0.3) is 0 Å². The van der Waals surface area contributed by atoms with Crippen LogP contribution in [0.3, 0.4) is 0 Å². The summed E-state index contributed by atoms with van der Waals surface area (Å²) in [6.45, 7) is 0.385. The van der Waals surface area contributed by atoms with E-state index in [1.807, 2.05) is 30.3 Å². The number of Topliss-reactive ketones (excluding diaryl/α,β-unsaturated/α-hetero) is 1. The molecule has 0 saturated heterocycles. The Kier molecular flexibility index (Phi) is 9.50. The third-order valence-electron chi connectivity index (χ3n) is 3.38. The Labute approximate surface area is 187 Å². The maximum Gasteiger partial charge on any atom is 0.163 e. The Bertz CT molecular complexity index is 920. The number of hydrogen-bond donors (Lipinski definition) is 1. The van der Waals surface area contributed by atoms with Gasteiger partial charge in [0.1, 0.15) is 35.3 Å². The molecule has 0 fully saturated rings. The zero-order chi connectivity index (χ0) is 21.2. The Morgan fingerprint density at radius 1 is 0.862 bits per heavy atom. The Morgan fingerprint density at radius 3 is 1.90 bits per heavy atom. The quantitative estimate of drug-likeness (QED) is 0.525. The third kappa shape index (κ3) is 7.72. The minimum atomic E-state index is -0.125. The highest BCUT2D eigenvalue weighted by atomic mass is 35.5. The number of nitrogens with two attached hydrogens (primary N) is 1. The fourth-order valence-corrected chi connectivity index (χ4v) is 2.74. The van der Waals surface area contributed by atoms with Crippen molar-refractivity contribution in [3.8, 4) is 0 Å². The van der Waals surface area contributed by atoms with E-state index >= 15 is 0 Å². The van der Waals surface area contributed by atoms with Crippen LogP contribution >= 0.6 is 46.4 Å². The van der Waals surface area contributed by atoms with Gasteiger partial charge in [-0.25, -0.2) is 19.9 Å². The van der Waals surface area contributed by atoms with Gasteiger partial charge < -0.3 is 10.5 Å². The highest BCUT2D eigenvalue weighted by molar-refractivity contribution is 6.37. The number of halogens is 4. The fraction of sp³-hybridized carbons (Fsp3) is 0.167. The summed E-state index contributed by atoms with van der Waals surface area (Å²) < 4.78 is 5.36. The minimum Gasteiger partial charge on any atom is -0.394 e. The van der Waals surface area contributed by atoms with Crippen LogP contribution in [0.2, 0.25) is 20.6 Å². The maximum atomic E-state index is 11.8. The molecule has 0 saturated carbocycles. The molecule has 29 heavy (non-hydrogen) atoms. The molecule has 152 valence electrons. The number of ketones is 1. The van der Waals surface area contributed by atoms with Crippen molar-refractivity contribution in [1.82, 2.24) is 19.9 Å². The van der Waals surface area contributed by atoms with E-state index in [1.54, 1.807) is 0 Å². The van der Waals surface area contributed by atoms with E-state index in [2.05, 4.69) is 19.9 Å². The van der Waals surface area contributed by atoms with Crippen molar-refractivity contribution in [2.45, 2.75) is 13.0 Å². The van der Waals surface area contributed by atoms with Crippen LogP contribution in [0.1, 0.15) is 11.1 Å². The van der Waals surface area contributed by atoms with Crippen molar-refractivity contribution in [3.05, 3.63) is 74.7 Å². The van der Waals surface area contributed by atoms with E-state index in [0.717, 1.165) is 5.56 Å². The van der Waals surface area contributed by atoms with Crippen LogP contribution in [0.25, 0.3) is 0 Å². The second-order valence-corrected chi connectivity index (χ2v) is 6.93. The molecule has 2 N–H and O–H groups in total. The molecule has 0 atom stereocenters. The van der Waals surface area contributed by atoms with Gasteiger partial charge in [0.15, 0.2) is 16.1 Å². The first-order valence-electron chi connectivity index (χ1n) is 8.08. The molecule has 11 heteroatoms. The minimum absolute atomic E-state index is 0.00353. The van der Waals surface area contributed by atoms with E-state index in [-0.39, 0.29) is 45.1 Å². The molecule has 2 heterocycles. The summed E-state index contributed by atoms with van der Waals surface area (Å²) in [5, 5.41) is 0.771. The maximum absolute atomic E-state index is 11.8. The summed E-state index contributed by atoms with van der Waals surface area (Å²) in [6, 6.07) is 9.63. The Morgan fingerprint density at radius 2 is 1.38 bits per heavy atom. The van der Waals surface area contributed by atoms with Gasteiger partial charge in [-0.15, -0.1) is 0 Å². The van der Waals surface area contributed by atoms with Crippen molar-refractivity contribution >= 4 is 57.9 Å². The lowest BCUT2D eigenvalue weighted by atomic mass is 10.2. The topological polar surface area (TPSA) is 104 Å². The van der Waals surface area contributed by atoms with Gasteiger partial charge in [-0.2, -0.15) is 0 Å². The summed E-state index contributed by atoms with van der Waals surface area (Å²) in [5.74, 6) is -0.125. The van der Waals surface area contributed by atoms with E-state index in [0.29, 0.717) is 12.2 Å². The van der Waals surface area contributed by atoms with Crippen molar-refractivity contribution in [3.63, 3.8) is 0 Å². The molecule has 0 aliphatic heterocycles. The van der Waals surface area contributed by atoms with Crippen molar-refractivity contribution in [2.24, 2.45) is 0 Å². The number of nitrogens with zero attached hydrogens (tertiary/aromatic N) is 4. The number of carbonyl (C=O) groups is 1. The molecule has 0 aliphatic rings. The van der Waals surface area contributed by atoms with Gasteiger partial charge in [0, 0.05) is 12.0 Å². The predicted molar refractivity (Wildman–Crippen MR) is 113 cm³/mol. The zero-order valence-corrected chi connectivity index (χ0v) is 17.9. The molecule has 1 aromatic carbocycles. The number of nitrogen functional groups attached to an aromatic ring is 1. The normalized spacial score (nSPS) is 10.2. The number of aromatic nitrogens is 4. The first kappa shape index (κ1) is 23.3. The molecule has 0 aliphatic carbocycles. The Balaban J connectivity index is 0.000000278. The average molecular weight is 475 g/mol. The number of benzene rings is 1. The van der Waals surface area contributed by atoms with E-state index in [9.17, 15) is 4.79 Å². The van der Waals surface area contributed by atoms with Crippen molar-refractivity contribution in [1.29, 1.82) is 0 Å². The second-order valence-electron chi connectivity index (χ2n) is 5.50. The third-order valence-corrected chi connectivity index (χ3v) is 4.63. The van der Waals surface area contributed by atoms with Crippen LogP contribution in [0.5, 0.6) is 0 Å². The SMILES string of the molecule is Nc1c(Cl)ncnc1Cl.O=C(COCc1ccccc1)Cc1c(Cl)ncnc1Cl. The first-order valence-corrected chi connectivity index (χ1v) is 9.59. The summed E-state index contributed by atoms with van der Waals surface area (Å²) in [6.07, 6.45) is 2.57. The van der Waals surface area contributed by atoms with E-state index < -0.39 is 0 Å². The van der Waals surface area contributed by atoms with E-state index in [1.165, 1.54) is 12.7 Å². The van der Waals surface area contributed by atoms with Crippen LogP contribution in [0.4, 0.5) is 5.69 Å². The largest absolute Gasteiger partial charge is 0.394 e. The highest BCUT2D eigenvalue weighted by Crippen LogP contribution is 2.21. The lowest BCUT2D eigenvalue weighted by Gasteiger charge is -2.06. The fourth-order valence-electron chi connectivity index (χ4n) is 1.98. The smallest absolute Gasteiger partial charge is 0.163 e. The first-order chi connectivity index (χ1) is 13.9. The standard InChI is InChI=1S/C14H12Cl2N2O2.C4H3Cl2N3/c15-13-12(14(16)18-9-17-13)6-11(19)8-20-7-10-4-2-1-3-5-10;5-3-2(7)4(6)9-1-8-3/h1-5,9H,6-8H2;1H,7H2. The number of carbonyl (C=O) groups excluding carboxylic acids is 1. The van der Waals surface area contributed by atoms with Crippen LogP contribution in [0, 0.1) is 0 Å². The van der Waals surface area contributed by atoms with Gasteiger partial charge in [-0.1, -0.05) is 76.7 Å². The molecular weight excluding hydrogens is 460 g/mol. The van der Waals surface area contributed by atoms with Crippen LogP contribution in [-0.2, 0) is 22.6 Å². The molecular formula is C18H15Cl4N5O2. The van der Waals surface area contributed by atoms with Crippen LogP contribution in [0.15, 0.2) is 43.0 Å². The summed E-state index contributed by atoms with van der Waals surface area (Å²) in [5.41, 5.74) is 6.96. The summed E-state index contributed by atoms with van der Waals surface area (Å²) in [4.78, 5) is 26.6. The van der Waals surface area contributed by atoms with Crippen molar-refractivity contribution in [2.75, 3.05) is 12.3 Å². The van der Waals surface area contributed by atoms with Gasteiger partial charge in [-0.3, -0.25) is 4.79 Å². The molecule has 0 unspecified atom stereocenters. The number of anilines is 1. The van der Waals surface area contributed by atoms with E-state index in [4.69, 9.17) is 56.9 Å². The van der Waals surface area contributed by atoms with Gasteiger partial charge in [0.05, 0.1) is 6.61 Å². The lowest BCUT2D eigenvalue weighted by Crippen LogP contribution is -2.12. The van der Waals surface area contributed by atoms with Crippen molar-refractivity contribution < 1.29 is 9.53 Å². The number of ether oxygens (including phenoxy) is 1. The molecule has 0 amide bonds.